The van der Waals surface area contributed by atoms with Crippen molar-refractivity contribution < 1.29 is 19.1 Å². The number of hydrogen-bond donors (Lipinski definition) is 2. The molecule has 0 radical (unpaired) electrons. The fraction of sp³-hybridized carbons (Fsp3) is 0.545. The van der Waals surface area contributed by atoms with Crippen LogP contribution in [0.1, 0.15) is 53.0 Å². The molecule has 1 aromatic carbocycles. The van der Waals surface area contributed by atoms with Crippen molar-refractivity contribution in [2.24, 2.45) is 5.92 Å². The number of hydrogen-bond acceptors (Lipinski definition) is 4. The van der Waals surface area contributed by atoms with E-state index < -0.39 is 17.2 Å². The van der Waals surface area contributed by atoms with Gasteiger partial charge in [-0.1, -0.05) is 12.1 Å². The van der Waals surface area contributed by atoms with Gasteiger partial charge in [0.1, 0.15) is 11.4 Å². The van der Waals surface area contributed by atoms with Crippen LogP contribution in [0.25, 0.3) is 6.08 Å². The molecule has 1 aliphatic carbocycles. The van der Waals surface area contributed by atoms with Crippen molar-refractivity contribution in [3.8, 4) is 5.75 Å². The van der Waals surface area contributed by atoms with Crippen molar-refractivity contribution in [3.05, 3.63) is 35.9 Å². The Morgan fingerprint density at radius 3 is 2.32 bits per heavy atom. The van der Waals surface area contributed by atoms with Gasteiger partial charge < -0.3 is 20.1 Å². The van der Waals surface area contributed by atoms with E-state index in [0.717, 1.165) is 24.2 Å². The third-order valence-electron chi connectivity index (χ3n) is 4.50. The predicted molar refractivity (Wildman–Crippen MR) is 110 cm³/mol. The second-order valence-electron chi connectivity index (χ2n) is 8.37. The molecule has 0 aliphatic heterocycles. The highest BCUT2D eigenvalue weighted by Crippen LogP contribution is 2.39. The topological polar surface area (TPSA) is 76.7 Å². The van der Waals surface area contributed by atoms with E-state index in [4.69, 9.17) is 9.47 Å². The Morgan fingerprint density at radius 1 is 1.14 bits per heavy atom. The molecule has 2 amide bonds. The Hall–Kier alpha value is -2.50. The van der Waals surface area contributed by atoms with Crippen LogP contribution in [-0.2, 0) is 9.53 Å². The molecule has 0 saturated heterocycles. The zero-order valence-corrected chi connectivity index (χ0v) is 17.5. The molecule has 1 aromatic rings. The van der Waals surface area contributed by atoms with Gasteiger partial charge >= 0.3 is 6.09 Å². The van der Waals surface area contributed by atoms with Crippen LogP contribution in [0.4, 0.5) is 4.79 Å². The van der Waals surface area contributed by atoms with Crippen molar-refractivity contribution in [2.45, 2.75) is 58.6 Å². The molecule has 2 N–H and O–H groups in total. The summed E-state index contributed by atoms with van der Waals surface area (Å²) in [5.74, 6) is 0.971. The number of benzene rings is 1. The Bertz CT molecular complexity index is 702. The molecule has 28 heavy (non-hydrogen) atoms. The molecule has 1 unspecified atom stereocenters. The van der Waals surface area contributed by atoms with Gasteiger partial charge in [-0.05, 0) is 77.2 Å². The molecule has 154 valence electrons. The summed E-state index contributed by atoms with van der Waals surface area (Å²) < 4.78 is 10.7. The normalized spacial score (nSPS) is 16.3. The van der Waals surface area contributed by atoms with E-state index in [1.165, 1.54) is 6.08 Å². The lowest BCUT2D eigenvalue weighted by atomic mass is 9.95. The van der Waals surface area contributed by atoms with Gasteiger partial charge in [-0.25, -0.2) is 4.79 Å². The molecular formula is C22H32N2O4. The van der Waals surface area contributed by atoms with E-state index in [9.17, 15) is 9.59 Å². The van der Waals surface area contributed by atoms with E-state index >= 15 is 0 Å². The van der Waals surface area contributed by atoms with Crippen LogP contribution in [0.15, 0.2) is 30.3 Å². The van der Waals surface area contributed by atoms with Gasteiger partial charge in [0.15, 0.2) is 0 Å². The van der Waals surface area contributed by atoms with Gasteiger partial charge in [0.25, 0.3) is 0 Å². The standard InChI is InChI=1S/C22H32N2O4/c1-6-27-18-12-7-16(8-13-18)9-14-19(25)24-22(5,17-10-11-17)15-23-20(26)28-21(2,3)4/h7-9,12-14,17H,6,10-11,15H2,1-5H3,(H,23,26)(H,24,25). The smallest absolute Gasteiger partial charge is 0.407 e. The summed E-state index contributed by atoms with van der Waals surface area (Å²) in [6.45, 7) is 10.3. The maximum absolute atomic E-state index is 12.4. The highest BCUT2D eigenvalue weighted by Gasteiger charge is 2.42. The predicted octanol–water partition coefficient (Wildman–Crippen LogP) is 3.91. The number of alkyl carbamates (subject to hydrolysis) is 1. The molecule has 0 aromatic heterocycles. The van der Waals surface area contributed by atoms with Gasteiger partial charge in [-0.15, -0.1) is 0 Å². The maximum Gasteiger partial charge on any atom is 0.407 e. The summed E-state index contributed by atoms with van der Waals surface area (Å²) in [4.78, 5) is 24.4. The Labute approximate surface area is 167 Å². The van der Waals surface area contributed by atoms with Crippen molar-refractivity contribution in [2.75, 3.05) is 13.2 Å². The Balaban J connectivity index is 1.91. The molecular weight excluding hydrogens is 356 g/mol. The first-order valence-electron chi connectivity index (χ1n) is 9.81. The van der Waals surface area contributed by atoms with Crippen molar-refractivity contribution >= 4 is 18.1 Å². The molecule has 1 aliphatic rings. The lowest BCUT2D eigenvalue weighted by molar-refractivity contribution is -0.118. The number of ether oxygens (including phenoxy) is 2. The average Bonchev–Trinajstić information content (AvgIpc) is 3.44. The van der Waals surface area contributed by atoms with Crippen LogP contribution in [0, 0.1) is 5.92 Å². The number of rotatable bonds is 8. The minimum absolute atomic E-state index is 0.186. The van der Waals surface area contributed by atoms with Crippen LogP contribution in [0.3, 0.4) is 0 Å². The summed E-state index contributed by atoms with van der Waals surface area (Å²) in [6, 6.07) is 7.55. The quantitative estimate of drug-likeness (QED) is 0.662. The molecule has 1 saturated carbocycles. The van der Waals surface area contributed by atoms with E-state index in [2.05, 4.69) is 10.6 Å². The molecule has 6 heteroatoms. The number of nitrogens with one attached hydrogen (secondary N) is 2. The fourth-order valence-electron chi connectivity index (χ4n) is 2.92. The second-order valence-corrected chi connectivity index (χ2v) is 8.37. The fourth-order valence-corrected chi connectivity index (χ4v) is 2.92. The molecule has 2 rings (SSSR count). The van der Waals surface area contributed by atoms with E-state index in [1.54, 1.807) is 6.08 Å². The summed E-state index contributed by atoms with van der Waals surface area (Å²) >= 11 is 0. The average molecular weight is 389 g/mol. The van der Waals surface area contributed by atoms with Crippen molar-refractivity contribution in [1.82, 2.24) is 10.6 Å². The summed E-state index contributed by atoms with van der Waals surface area (Å²) in [7, 11) is 0. The van der Waals surface area contributed by atoms with Crippen LogP contribution >= 0.6 is 0 Å². The molecule has 0 bridgehead atoms. The van der Waals surface area contributed by atoms with Crippen molar-refractivity contribution in [3.63, 3.8) is 0 Å². The lowest BCUT2D eigenvalue weighted by Gasteiger charge is -2.31. The minimum atomic E-state index is -0.552. The number of amides is 2. The van der Waals surface area contributed by atoms with E-state index in [-0.39, 0.29) is 5.91 Å². The third-order valence-corrected chi connectivity index (χ3v) is 4.50. The molecule has 1 fully saturated rings. The van der Waals surface area contributed by atoms with Gasteiger partial charge in [-0.2, -0.15) is 0 Å². The summed E-state index contributed by atoms with van der Waals surface area (Å²) in [5, 5.41) is 5.84. The number of carbonyl (C=O) groups excluding carboxylic acids is 2. The Kier molecular flexibility index (Phi) is 7.11. The first kappa shape index (κ1) is 21.8. The highest BCUT2D eigenvalue weighted by molar-refractivity contribution is 5.92. The monoisotopic (exact) mass is 388 g/mol. The zero-order chi connectivity index (χ0) is 20.8. The first-order chi connectivity index (χ1) is 13.1. The lowest BCUT2D eigenvalue weighted by Crippen LogP contribution is -2.55. The van der Waals surface area contributed by atoms with Gasteiger partial charge in [-0.3, -0.25) is 4.79 Å². The van der Waals surface area contributed by atoms with E-state index in [0.29, 0.717) is 19.1 Å². The van der Waals surface area contributed by atoms with Crippen LogP contribution < -0.4 is 15.4 Å². The molecule has 6 nitrogen and oxygen atoms in total. The second kappa shape index (κ2) is 9.13. The third kappa shape index (κ3) is 7.25. The molecule has 1 atom stereocenters. The zero-order valence-electron chi connectivity index (χ0n) is 17.5. The van der Waals surface area contributed by atoms with Crippen LogP contribution in [-0.4, -0.2) is 36.3 Å². The van der Waals surface area contributed by atoms with Gasteiger partial charge in [0.2, 0.25) is 5.91 Å². The maximum atomic E-state index is 12.4. The van der Waals surface area contributed by atoms with Crippen molar-refractivity contribution in [1.29, 1.82) is 0 Å². The van der Waals surface area contributed by atoms with Crippen LogP contribution in [0.2, 0.25) is 0 Å². The highest BCUT2D eigenvalue weighted by atomic mass is 16.6. The Morgan fingerprint density at radius 2 is 1.79 bits per heavy atom. The summed E-state index contributed by atoms with van der Waals surface area (Å²) in [6.07, 6.45) is 4.88. The molecule has 0 heterocycles. The minimum Gasteiger partial charge on any atom is -0.494 e. The van der Waals surface area contributed by atoms with Crippen LogP contribution in [0.5, 0.6) is 5.75 Å². The van der Waals surface area contributed by atoms with E-state index in [1.807, 2.05) is 58.9 Å². The molecule has 0 spiro atoms. The first-order valence-corrected chi connectivity index (χ1v) is 9.81. The summed E-state index contributed by atoms with van der Waals surface area (Å²) in [5.41, 5.74) is -0.139. The van der Waals surface area contributed by atoms with Gasteiger partial charge in [0, 0.05) is 12.6 Å². The largest absolute Gasteiger partial charge is 0.494 e. The van der Waals surface area contributed by atoms with Gasteiger partial charge in [0.05, 0.1) is 12.1 Å². The number of carbonyl (C=O) groups is 2. The SMILES string of the molecule is CCOc1ccc(C=CC(=O)NC(C)(CNC(=O)OC(C)(C)C)C2CC2)cc1.